The number of carbonyl (C=O) groups is 2. The summed E-state index contributed by atoms with van der Waals surface area (Å²) in [5, 5.41) is 11.6. The van der Waals surface area contributed by atoms with Gasteiger partial charge in [-0.1, -0.05) is 65.0 Å². The minimum atomic E-state index is -1.71. The number of fused-ring (bicyclic) bond motifs is 2. The monoisotopic (exact) mass is 479 g/mol. The largest absolute Gasteiger partial charge is 0.507 e. The molecule has 28 heavy (non-hydrogen) atoms. The molecule has 1 heterocycles. The molecule has 0 spiro atoms. The second-order valence-corrected chi connectivity index (χ2v) is 8.68. The van der Waals surface area contributed by atoms with Crippen molar-refractivity contribution in [3.63, 3.8) is 0 Å². The summed E-state index contributed by atoms with van der Waals surface area (Å²) in [7, 11) is 0. The van der Waals surface area contributed by atoms with Crippen LogP contribution in [0.15, 0.2) is 60.7 Å². The Morgan fingerprint density at radius 1 is 1.18 bits per heavy atom. The zero-order chi connectivity index (χ0) is 20.3. The lowest BCUT2D eigenvalue weighted by molar-refractivity contribution is -0.138. The summed E-state index contributed by atoms with van der Waals surface area (Å²) in [6.45, 7) is 3.87. The lowest BCUT2D eigenvalue weighted by atomic mass is 9.68. The Labute approximate surface area is 180 Å². The molecule has 0 aromatic heterocycles. The van der Waals surface area contributed by atoms with Crippen LogP contribution in [-0.2, 0) is 9.59 Å². The minimum Gasteiger partial charge on any atom is -0.507 e. The van der Waals surface area contributed by atoms with E-state index in [1.54, 1.807) is 24.3 Å². The summed E-state index contributed by atoms with van der Waals surface area (Å²) >= 11 is 17.0. The standard InChI is InChI=1S/C21H16BrCl2NO3/c1-2-12-9-10-20(23)18(27)25(11-22)19(28)21(20,24)17(12)15-7-8-16(26)14-6-4-3-5-13(14)15/h2-9,17,26H,1,10-11H2. The molecule has 1 aliphatic heterocycles. The summed E-state index contributed by atoms with van der Waals surface area (Å²) in [4.78, 5) is 24.0. The van der Waals surface area contributed by atoms with Crippen LogP contribution in [0.4, 0.5) is 0 Å². The van der Waals surface area contributed by atoms with E-state index in [1.807, 2.05) is 24.3 Å². The van der Waals surface area contributed by atoms with Crippen molar-refractivity contribution >= 4 is 61.7 Å². The Hall–Kier alpha value is -1.82. The van der Waals surface area contributed by atoms with Crippen LogP contribution in [0.1, 0.15) is 17.9 Å². The number of rotatable bonds is 3. The summed E-state index contributed by atoms with van der Waals surface area (Å²) < 4.78 is 0. The molecule has 0 bridgehead atoms. The summed E-state index contributed by atoms with van der Waals surface area (Å²) in [6.07, 6.45) is 3.58. The van der Waals surface area contributed by atoms with Crippen LogP contribution in [0, 0.1) is 0 Å². The van der Waals surface area contributed by atoms with E-state index in [-0.39, 0.29) is 17.6 Å². The number of alkyl halides is 3. The molecule has 1 fully saturated rings. The number of hydrogen-bond donors (Lipinski definition) is 1. The van der Waals surface area contributed by atoms with Gasteiger partial charge in [-0.05, 0) is 29.0 Å². The van der Waals surface area contributed by atoms with Gasteiger partial charge in [0, 0.05) is 11.3 Å². The number of allylic oxidation sites excluding steroid dienone is 3. The smallest absolute Gasteiger partial charge is 0.254 e. The van der Waals surface area contributed by atoms with Crippen molar-refractivity contribution in [3.05, 3.63) is 66.3 Å². The maximum atomic E-state index is 13.3. The van der Waals surface area contributed by atoms with Crippen molar-refractivity contribution in [2.75, 3.05) is 5.45 Å². The van der Waals surface area contributed by atoms with Gasteiger partial charge in [0.2, 0.25) is 0 Å². The molecule has 1 N–H and O–H groups in total. The van der Waals surface area contributed by atoms with E-state index in [2.05, 4.69) is 22.5 Å². The van der Waals surface area contributed by atoms with Gasteiger partial charge in [-0.3, -0.25) is 14.5 Å². The first kappa shape index (κ1) is 19.5. The second-order valence-electron chi connectivity index (χ2n) is 6.94. The fourth-order valence-corrected chi connectivity index (χ4v) is 5.61. The van der Waals surface area contributed by atoms with Gasteiger partial charge in [-0.2, -0.15) is 0 Å². The van der Waals surface area contributed by atoms with Gasteiger partial charge >= 0.3 is 0 Å². The number of phenols is 1. The Morgan fingerprint density at radius 3 is 2.50 bits per heavy atom. The van der Waals surface area contributed by atoms with Crippen molar-refractivity contribution in [2.45, 2.75) is 22.1 Å². The number of amides is 2. The third-order valence-electron chi connectivity index (χ3n) is 5.67. The Kier molecular flexibility index (Phi) is 4.60. The number of aromatic hydroxyl groups is 1. The van der Waals surface area contributed by atoms with Crippen LogP contribution in [-0.4, -0.2) is 37.0 Å². The highest BCUT2D eigenvalue weighted by Crippen LogP contribution is 2.60. The first-order valence-corrected chi connectivity index (χ1v) is 10.5. The average Bonchev–Trinajstić information content (AvgIpc) is 2.85. The highest BCUT2D eigenvalue weighted by molar-refractivity contribution is 9.09. The van der Waals surface area contributed by atoms with Crippen LogP contribution < -0.4 is 0 Å². The average molecular weight is 481 g/mol. The van der Waals surface area contributed by atoms with Crippen molar-refractivity contribution in [1.82, 2.24) is 4.90 Å². The van der Waals surface area contributed by atoms with Gasteiger partial charge in [0.05, 0.1) is 5.45 Å². The Balaban J connectivity index is 2.05. The van der Waals surface area contributed by atoms with Crippen LogP contribution in [0.2, 0.25) is 0 Å². The lowest BCUT2D eigenvalue weighted by Crippen LogP contribution is -2.54. The van der Waals surface area contributed by atoms with Crippen molar-refractivity contribution in [3.8, 4) is 5.75 Å². The molecule has 1 saturated heterocycles. The quantitative estimate of drug-likeness (QED) is 0.389. The van der Waals surface area contributed by atoms with Gasteiger partial charge in [0.1, 0.15) is 5.75 Å². The van der Waals surface area contributed by atoms with Crippen molar-refractivity contribution in [1.29, 1.82) is 0 Å². The second kappa shape index (κ2) is 6.61. The van der Waals surface area contributed by atoms with Gasteiger partial charge in [-0.25, -0.2) is 0 Å². The van der Waals surface area contributed by atoms with Crippen LogP contribution in [0.5, 0.6) is 5.75 Å². The third kappa shape index (κ3) is 2.30. The maximum Gasteiger partial charge on any atom is 0.254 e. The number of benzene rings is 2. The molecule has 4 rings (SSSR count). The predicted molar refractivity (Wildman–Crippen MR) is 114 cm³/mol. The van der Waals surface area contributed by atoms with E-state index in [0.29, 0.717) is 10.9 Å². The first-order chi connectivity index (χ1) is 13.3. The van der Waals surface area contributed by atoms with Crippen molar-refractivity contribution in [2.24, 2.45) is 0 Å². The fourth-order valence-electron chi connectivity index (χ4n) is 4.28. The molecule has 1 aliphatic carbocycles. The van der Waals surface area contributed by atoms with Gasteiger partial charge in [-0.15, -0.1) is 23.2 Å². The highest BCUT2D eigenvalue weighted by atomic mass is 79.9. The van der Waals surface area contributed by atoms with E-state index in [1.165, 1.54) is 0 Å². The van der Waals surface area contributed by atoms with Crippen LogP contribution in [0.25, 0.3) is 10.8 Å². The van der Waals surface area contributed by atoms with E-state index in [9.17, 15) is 14.7 Å². The van der Waals surface area contributed by atoms with Crippen molar-refractivity contribution < 1.29 is 14.7 Å². The number of phenolic OH excluding ortho intramolecular Hbond substituents is 1. The van der Waals surface area contributed by atoms with E-state index in [4.69, 9.17) is 23.2 Å². The highest BCUT2D eigenvalue weighted by Gasteiger charge is 2.72. The van der Waals surface area contributed by atoms with Gasteiger partial charge in [0.15, 0.2) is 9.75 Å². The SMILES string of the molecule is C=CC1=CCC2(Cl)C(=O)N(CBr)C(=O)C2(Cl)C1c1ccc(O)c2ccccc12. The normalized spacial score (nSPS) is 29.8. The third-order valence-corrected chi connectivity index (χ3v) is 7.58. The predicted octanol–water partition coefficient (Wildman–Crippen LogP) is 4.82. The fraction of sp³-hybridized carbons (Fsp3) is 0.238. The van der Waals surface area contributed by atoms with E-state index < -0.39 is 27.5 Å². The number of likely N-dealkylation sites (tertiary alicyclic amines) is 1. The molecule has 4 nitrogen and oxygen atoms in total. The van der Waals surface area contributed by atoms with Crippen LogP contribution >= 0.6 is 39.1 Å². The molecule has 144 valence electrons. The molecule has 0 radical (unpaired) electrons. The minimum absolute atomic E-state index is 0.0140. The van der Waals surface area contributed by atoms with Crippen LogP contribution in [0.3, 0.4) is 0 Å². The van der Waals surface area contributed by atoms with Gasteiger partial charge < -0.3 is 5.11 Å². The molecular weight excluding hydrogens is 465 g/mol. The Morgan fingerprint density at radius 2 is 1.86 bits per heavy atom. The number of hydrogen-bond acceptors (Lipinski definition) is 3. The number of nitrogens with zero attached hydrogens (tertiary/aromatic N) is 1. The first-order valence-electron chi connectivity index (χ1n) is 8.64. The molecule has 0 saturated carbocycles. The molecular formula is C21H16BrCl2NO3. The lowest BCUT2D eigenvalue weighted by Gasteiger charge is -2.42. The number of imide groups is 1. The zero-order valence-corrected chi connectivity index (χ0v) is 17.8. The Bertz CT molecular complexity index is 1070. The molecule has 2 aromatic carbocycles. The number of carbonyl (C=O) groups excluding carboxylic acids is 2. The zero-order valence-electron chi connectivity index (χ0n) is 14.7. The summed E-state index contributed by atoms with van der Waals surface area (Å²) in [5.41, 5.74) is 1.44. The maximum absolute atomic E-state index is 13.3. The van der Waals surface area contributed by atoms with Gasteiger partial charge in [0.25, 0.3) is 11.8 Å². The molecule has 2 amide bonds. The summed E-state index contributed by atoms with van der Waals surface area (Å²) in [5.74, 6) is -1.64. The molecule has 3 atom stereocenters. The molecule has 3 unspecified atom stereocenters. The summed E-state index contributed by atoms with van der Waals surface area (Å²) in [6, 6.07) is 10.6. The van der Waals surface area contributed by atoms with E-state index in [0.717, 1.165) is 15.9 Å². The molecule has 7 heteroatoms. The number of halogens is 3. The molecule has 2 aliphatic rings. The molecule has 2 aromatic rings. The topological polar surface area (TPSA) is 57.6 Å². The van der Waals surface area contributed by atoms with E-state index >= 15 is 0 Å².